The first-order valence-electron chi connectivity index (χ1n) is 5.98. The summed E-state index contributed by atoms with van der Waals surface area (Å²) in [5, 5.41) is 10.4. The lowest BCUT2D eigenvalue weighted by atomic mass is 9.90. The number of methoxy groups -OCH3 is 1. The van der Waals surface area contributed by atoms with E-state index in [4.69, 9.17) is 15.9 Å². The summed E-state index contributed by atoms with van der Waals surface area (Å²) in [6, 6.07) is -0.0416. The summed E-state index contributed by atoms with van der Waals surface area (Å²) in [5.74, 6) is 0.0496. The van der Waals surface area contributed by atoms with Gasteiger partial charge in [-0.05, 0) is 6.42 Å². The zero-order valence-corrected chi connectivity index (χ0v) is 10.6. The van der Waals surface area contributed by atoms with Crippen LogP contribution in [0.4, 0.5) is 4.79 Å². The molecule has 1 heterocycles. The normalized spacial score (nSPS) is 18.8. The van der Waals surface area contributed by atoms with Crippen molar-refractivity contribution in [2.75, 3.05) is 26.7 Å². The fraction of sp³-hybridized carbons (Fsp3) is 0.818. The summed E-state index contributed by atoms with van der Waals surface area (Å²) < 4.78 is 5.34. The van der Waals surface area contributed by atoms with Crippen molar-refractivity contribution >= 4 is 11.9 Å². The maximum absolute atomic E-state index is 11.7. The van der Waals surface area contributed by atoms with Gasteiger partial charge in [-0.25, -0.2) is 4.79 Å². The highest BCUT2D eigenvalue weighted by molar-refractivity contribution is 5.86. The monoisotopic (exact) mass is 242 g/mol. The topological polar surface area (TPSA) is 91.4 Å². The Hall–Kier alpha value is -1.30. The summed E-state index contributed by atoms with van der Waals surface area (Å²) >= 11 is 0. The average molecular weight is 242 g/mol. The molecule has 1 fully saturated rings. The van der Waals surface area contributed by atoms with Crippen LogP contribution in [0.15, 0.2) is 0 Å². The Labute approximate surface area is 102 Å². The van der Waals surface area contributed by atoms with Crippen molar-refractivity contribution in [3.8, 4) is 0 Å². The molecule has 17 heavy (non-hydrogen) atoms. The van der Waals surface area contributed by atoms with E-state index in [-0.39, 0.29) is 11.9 Å². The number of ether oxygens (including phenoxy) is 1. The number of nitrogens with one attached hydrogen (secondary N) is 2. The molecule has 0 saturated carbocycles. The number of amides is 2. The van der Waals surface area contributed by atoms with Crippen molar-refractivity contribution in [3.05, 3.63) is 0 Å². The summed E-state index contributed by atoms with van der Waals surface area (Å²) in [4.78, 5) is 13.5. The SMILES string of the molecule is CCCNC(=O)N1CCC(OC)(C(=N)N)CC1. The van der Waals surface area contributed by atoms with Gasteiger partial charge in [0.15, 0.2) is 0 Å². The van der Waals surface area contributed by atoms with Gasteiger partial charge in [0, 0.05) is 39.6 Å². The molecule has 1 aliphatic heterocycles. The van der Waals surface area contributed by atoms with E-state index in [1.165, 1.54) is 0 Å². The minimum atomic E-state index is -0.679. The third-order valence-corrected chi connectivity index (χ3v) is 3.27. The number of carbonyl (C=O) groups excluding carboxylic acids is 1. The molecule has 6 heteroatoms. The highest BCUT2D eigenvalue weighted by Crippen LogP contribution is 2.25. The first-order valence-corrected chi connectivity index (χ1v) is 5.98. The lowest BCUT2D eigenvalue weighted by Gasteiger charge is -2.39. The van der Waals surface area contributed by atoms with Gasteiger partial charge < -0.3 is 20.7 Å². The molecule has 1 rings (SSSR count). The predicted molar refractivity (Wildman–Crippen MR) is 66.2 cm³/mol. The molecule has 98 valence electrons. The molecule has 0 bridgehead atoms. The molecule has 6 nitrogen and oxygen atoms in total. The van der Waals surface area contributed by atoms with E-state index < -0.39 is 5.60 Å². The number of urea groups is 1. The van der Waals surface area contributed by atoms with Crippen LogP contribution < -0.4 is 11.1 Å². The van der Waals surface area contributed by atoms with Gasteiger partial charge in [0.2, 0.25) is 0 Å². The Balaban J connectivity index is 2.49. The molecule has 0 radical (unpaired) electrons. The third-order valence-electron chi connectivity index (χ3n) is 3.27. The van der Waals surface area contributed by atoms with Crippen molar-refractivity contribution in [2.45, 2.75) is 31.8 Å². The van der Waals surface area contributed by atoms with Crippen LogP contribution in [0, 0.1) is 5.41 Å². The van der Waals surface area contributed by atoms with Crippen molar-refractivity contribution in [3.63, 3.8) is 0 Å². The van der Waals surface area contributed by atoms with E-state index >= 15 is 0 Å². The number of nitrogens with two attached hydrogens (primary N) is 1. The Morgan fingerprint density at radius 2 is 2.12 bits per heavy atom. The second kappa shape index (κ2) is 5.86. The largest absolute Gasteiger partial charge is 0.385 e. The standard InChI is InChI=1S/C11H22N4O2/c1-3-6-14-10(16)15-7-4-11(17-2,5-8-15)9(12)13/h3-8H2,1-2H3,(H3,12,13)(H,14,16). The summed E-state index contributed by atoms with van der Waals surface area (Å²) in [6.45, 7) is 3.85. The molecule has 0 aromatic heterocycles. The summed E-state index contributed by atoms with van der Waals surface area (Å²) in [5.41, 5.74) is 4.87. The van der Waals surface area contributed by atoms with Crippen molar-refractivity contribution < 1.29 is 9.53 Å². The van der Waals surface area contributed by atoms with Gasteiger partial charge >= 0.3 is 6.03 Å². The van der Waals surface area contributed by atoms with E-state index in [1.807, 2.05) is 6.92 Å². The summed E-state index contributed by atoms with van der Waals surface area (Å²) in [7, 11) is 1.56. The first-order chi connectivity index (χ1) is 8.05. The predicted octanol–water partition coefficient (Wildman–Crippen LogP) is 0.523. The van der Waals surface area contributed by atoms with E-state index in [9.17, 15) is 4.79 Å². The third kappa shape index (κ3) is 3.09. The number of hydrogen-bond donors (Lipinski definition) is 3. The van der Waals surface area contributed by atoms with E-state index in [1.54, 1.807) is 12.0 Å². The Bertz CT molecular complexity index is 285. The van der Waals surface area contributed by atoms with Crippen LogP contribution >= 0.6 is 0 Å². The minimum Gasteiger partial charge on any atom is -0.385 e. The van der Waals surface area contributed by atoms with Crippen LogP contribution in [0.3, 0.4) is 0 Å². The average Bonchev–Trinajstić information content (AvgIpc) is 2.35. The van der Waals surface area contributed by atoms with Gasteiger partial charge in [-0.3, -0.25) is 5.41 Å². The zero-order chi connectivity index (χ0) is 12.9. The Kier molecular flexibility index (Phi) is 4.74. The summed E-state index contributed by atoms with van der Waals surface area (Å²) in [6.07, 6.45) is 2.09. The van der Waals surface area contributed by atoms with E-state index in [0.717, 1.165) is 6.42 Å². The van der Waals surface area contributed by atoms with Crippen LogP contribution in [0.2, 0.25) is 0 Å². The minimum absolute atomic E-state index is 0.0416. The highest BCUT2D eigenvalue weighted by atomic mass is 16.5. The number of likely N-dealkylation sites (tertiary alicyclic amines) is 1. The van der Waals surface area contributed by atoms with Gasteiger partial charge in [-0.15, -0.1) is 0 Å². The van der Waals surface area contributed by atoms with Gasteiger partial charge in [0.05, 0.1) is 0 Å². The molecule has 4 N–H and O–H groups in total. The number of piperidine rings is 1. The zero-order valence-electron chi connectivity index (χ0n) is 10.6. The fourth-order valence-electron chi connectivity index (χ4n) is 2.00. The van der Waals surface area contributed by atoms with Crippen molar-refractivity contribution in [2.24, 2.45) is 5.73 Å². The molecule has 0 aliphatic carbocycles. The maximum atomic E-state index is 11.7. The number of nitrogens with zero attached hydrogens (tertiary/aromatic N) is 1. The van der Waals surface area contributed by atoms with E-state index in [0.29, 0.717) is 32.5 Å². The molecule has 0 spiro atoms. The Morgan fingerprint density at radius 1 is 1.53 bits per heavy atom. The lowest BCUT2D eigenvalue weighted by molar-refractivity contribution is 0.00236. The quantitative estimate of drug-likeness (QED) is 0.496. The van der Waals surface area contributed by atoms with Crippen LogP contribution in [-0.4, -0.2) is 49.1 Å². The number of carbonyl (C=O) groups is 1. The second-order valence-corrected chi connectivity index (χ2v) is 4.33. The van der Waals surface area contributed by atoms with Gasteiger partial charge in [-0.1, -0.05) is 6.92 Å². The molecule has 2 amide bonds. The molecular formula is C11H22N4O2. The Morgan fingerprint density at radius 3 is 2.53 bits per heavy atom. The van der Waals surface area contributed by atoms with E-state index in [2.05, 4.69) is 5.32 Å². The maximum Gasteiger partial charge on any atom is 0.317 e. The van der Waals surface area contributed by atoms with Crippen LogP contribution in [0.1, 0.15) is 26.2 Å². The molecule has 0 unspecified atom stereocenters. The van der Waals surface area contributed by atoms with Crippen LogP contribution in [0.25, 0.3) is 0 Å². The highest BCUT2D eigenvalue weighted by Gasteiger charge is 2.38. The number of amidine groups is 1. The molecule has 1 saturated heterocycles. The first kappa shape index (κ1) is 13.8. The fourth-order valence-corrected chi connectivity index (χ4v) is 2.00. The van der Waals surface area contributed by atoms with Gasteiger partial charge in [0.25, 0.3) is 0 Å². The van der Waals surface area contributed by atoms with Gasteiger partial charge in [-0.2, -0.15) is 0 Å². The number of rotatable bonds is 4. The molecule has 0 atom stereocenters. The number of hydrogen-bond acceptors (Lipinski definition) is 3. The molecule has 0 aromatic rings. The van der Waals surface area contributed by atoms with Gasteiger partial charge in [0.1, 0.15) is 11.4 Å². The molecule has 1 aliphatic rings. The molecule has 0 aromatic carbocycles. The smallest absolute Gasteiger partial charge is 0.317 e. The van der Waals surface area contributed by atoms with Crippen molar-refractivity contribution in [1.29, 1.82) is 5.41 Å². The molecular weight excluding hydrogens is 220 g/mol. The second-order valence-electron chi connectivity index (χ2n) is 4.33. The lowest BCUT2D eigenvalue weighted by Crippen LogP contribution is -2.55. The van der Waals surface area contributed by atoms with Crippen LogP contribution in [0.5, 0.6) is 0 Å². The van der Waals surface area contributed by atoms with Crippen molar-refractivity contribution in [1.82, 2.24) is 10.2 Å². The van der Waals surface area contributed by atoms with Crippen LogP contribution in [-0.2, 0) is 4.74 Å².